The van der Waals surface area contributed by atoms with E-state index in [0.717, 1.165) is 25.7 Å². The standard InChI is InChI=1S/C9H18O4S/c1-13-9(10)7-5-3-2-4-6-8-14(11)12/h2-8H2,1H3,(H,11,12)/p-1. The number of carbonyl (C=O) groups excluding carboxylic acids is 1. The molecule has 0 saturated heterocycles. The topological polar surface area (TPSA) is 66.4 Å². The molecular formula is C9H17O4S-. The number of rotatable bonds is 8. The molecule has 0 aromatic heterocycles. The van der Waals surface area contributed by atoms with Crippen LogP contribution in [0, 0.1) is 0 Å². The van der Waals surface area contributed by atoms with Crippen LogP contribution in [0.3, 0.4) is 0 Å². The molecule has 0 N–H and O–H groups in total. The summed E-state index contributed by atoms with van der Waals surface area (Å²) in [4.78, 5) is 10.7. The molecule has 0 bridgehead atoms. The Labute approximate surface area is 87.3 Å². The Morgan fingerprint density at radius 1 is 1.21 bits per heavy atom. The van der Waals surface area contributed by atoms with Gasteiger partial charge in [-0.15, -0.1) is 0 Å². The zero-order valence-electron chi connectivity index (χ0n) is 8.49. The highest BCUT2D eigenvalue weighted by molar-refractivity contribution is 7.79. The summed E-state index contributed by atoms with van der Waals surface area (Å²) in [5, 5.41) is 0. The minimum absolute atomic E-state index is 0.175. The second-order valence-electron chi connectivity index (χ2n) is 3.10. The molecule has 1 unspecified atom stereocenters. The van der Waals surface area contributed by atoms with E-state index < -0.39 is 11.1 Å². The van der Waals surface area contributed by atoms with Crippen molar-refractivity contribution in [1.82, 2.24) is 0 Å². The van der Waals surface area contributed by atoms with E-state index in [1.165, 1.54) is 7.11 Å². The van der Waals surface area contributed by atoms with Crippen molar-refractivity contribution >= 4 is 17.0 Å². The summed E-state index contributed by atoms with van der Waals surface area (Å²) < 4.78 is 24.8. The molecule has 0 heterocycles. The van der Waals surface area contributed by atoms with Crippen molar-refractivity contribution in [3.63, 3.8) is 0 Å². The fourth-order valence-corrected chi connectivity index (χ4v) is 1.56. The van der Waals surface area contributed by atoms with E-state index in [9.17, 15) is 13.6 Å². The molecule has 0 rings (SSSR count). The lowest BCUT2D eigenvalue weighted by atomic mass is 10.1. The minimum Gasteiger partial charge on any atom is -0.772 e. The van der Waals surface area contributed by atoms with Gasteiger partial charge in [-0.3, -0.25) is 9.00 Å². The van der Waals surface area contributed by atoms with Gasteiger partial charge in [0, 0.05) is 12.2 Å². The van der Waals surface area contributed by atoms with Crippen LogP contribution in [-0.4, -0.2) is 27.6 Å². The smallest absolute Gasteiger partial charge is 0.305 e. The van der Waals surface area contributed by atoms with Crippen molar-refractivity contribution in [2.75, 3.05) is 12.9 Å². The third-order valence-electron chi connectivity index (χ3n) is 1.92. The van der Waals surface area contributed by atoms with E-state index in [2.05, 4.69) is 4.74 Å². The molecule has 0 aliphatic carbocycles. The fourth-order valence-electron chi connectivity index (χ4n) is 1.12. The monoisotopic (exact) mass is 221 g/mol. The highest BCUT2D eigenvalue weighted by Crippen LogP contribution is 2.06. The first-order valence-corrected chi connectivity index (χ1v) is 6.04. The van der Waals surface area contributed by atoms with Gasteiger partial charge < -0.3 is 9.29 Å². The first-order valence-electron chi connectivity index (χ1n) is 4.79. The number of hydrogen-bond donors (Lipinski definition) is 0. The lowest BCUT2D eigenvalue weighted by molar-refractivity contribution is -0.140. The largest absolute Gasteiger partial charge is 0.772 e. The van der Waals surface area contributed by atoms with E-state index in [1.807, 2.05) is 0 Å². The van der Waals surface area contributed by atoms with Crippen LogP contribution in [-0.2, 0) is 20.6 Å². The zero-order valence-corrected chi connectivity index (χ0v) is 9.31. The maximum atomic E-state index is 10.7. The van der Waals surface area contributed by atoms with Gasteiger partial charge in [0.25, 0.3) is 0 Å². The van der Waals surface area contributed by atoms with Crippen LogP contribution in [0.5, 0.6) is 0 Å². The Morgan fingerprint density at radius 2 is 1.79 bits per heavy atom. The van der Waals surface area contributed by atoms with E-state index >= 15 is 0 Å². The van der Waals surface area contributed by atoms with E-state index in [1.54, 1.807) is 0 Å². The summed E-state index contributed by atoms with van der Waals surface area (Å²) in [6.45, 7) is 0. The molecule has 14 heavy (non-hydrogen) atoms. The maximum Gasteiger partial charge on any atom is 0.305 e. The first-order chi connectivity index (χ1) is 6.66. The van der Waals surface area contributed by atoms with Crippen molar-refractivity contribution in [2.45, 2.75) is 38.5 Å². The Bertz CT molecular complexity index is 182. The molecule has 0 aliphatic rings. The van der Waals surface area contributed by atoms with Crippen LogP contribution in [0.25, 0.3) is 0 Å². The summed E-state index contributed by atoms with van der Waals surface area (Å²) in [6, 6.07) is 0. The molecule has 0 amide bonds. The predicted molar refractivity (Wildman–Crippen MR) is 53.5 cm³/mol. The average Bonchev–Trinajstić information content (AvgIpc) is 2.15. The number of esters is 1. The van der Waals surface area contributed by atoms with E-state index in [4.69, 9.17) is 0 Å². The molecule has 0 saturated carbocycles. The van der Waals surface area contributed by atoms with Crippen molar-refractivity contribution in [3.05, 3.63) is 0 Å². The van der Waals surface area contributed by atoms with E-state index in [-0.39, 0.29) is 11.7 Å². The summed E-state index contributed by atoms with van der Waals surface area (Å²) in [5.74, 6) is 0.0717. The van der Waals surface area contributed by atoms with Gasteiger partial charge in [0.15, 0.2) is 0 Å². The lowest BCUT2D eigenvalue weighted by Gasteiger charge is -2.04. The van der Waals surface area contributed by atoms with Gasteiger partial charge in [0.1, 0.15) is 0 Å². The fraction of sp³-hybridized carbons (Fsp3) is 0.889. The van der Waals surface area contributed by atoms with Crippen molar-refractivity contribution < 1.29 is 18.3 Å². The number of hydrogen-bond acceptors (Lipinski definition) is 4. The second kappa shape index (κ2) is 9.15. The molecular weight excluding hydrogens is 204 g/mol. The second-order valence-corrected chi connectivity index (χ2v) is 4.12. The van der Waals surface area contributed by atoms with Crippen molar-refractivity contribution in [2.24, 2.45) is 0 Å². The maximum absolute atomic E-state index is 10.7. The summed E-state index contributed by atoms with van der Waals surface area (Å²) >= 11 is -1.91. The van der Waals surface area contributed by atoms with Crippen LogP contribution in [0.15, 0.2) is 0 Å². The third kappa shape index (κ3) is 9.67. The first kappa shape index (κ1) is 13.6. The van der Waals surface area contributed by atoms with Gasteiger partial charge >= 0.3 is 5.97 Å². The third-order valence-corrected chi connectivity index (χ3v) is 2.54. The Morgan fingerprint density at radius 3 is 2.36 bits per heavy atom. The van der Waals surface area contributed by atoms with Crippen LogP contribution in [0.1, 0.15) is 38.5 Å². The minimum atomic E-state index is -1.91. The number of ether oxygens (including phenoxy) is 1. The van der Waals surface area contributed by atoms with Crippen LogP contribution in [0.2, 0.25) is 0 Å². The van der Waals surface area contributed by atoms with Gasteiger partial charge in [-0.05, 0) is 12.8 Å². The molecule has 1 atom stereocenters. The average molecular weight is 221 g/mol. The van der Waals surface area contributed by atoms with Crippen LogP contribution < -0.4 is 0 Å². The molecule has 5 heteroatoms. The van der Waals surface area contributed by atoms with Crippen molar-refractivity contribution in [1.29, 1.82) is 0 Å². The molecule has 0 spiro atoms. The number of carbonyl (C=O) groups is 1. The normalized spacial score (nSPS) is 12.4. The quantitative estimate of drug-likeness (QED) is 0.353. The molecule has 0 radical (unpaired) electrons. The van der Waals surface area contributed by atoms with Gasteiger partial charge in [0.2, 0.25) is 0 Å². The number of methoxy groups -OCH3 is 1. The SMILES string of the molecule is COC(=O)CCCCCCCS(=O)[O-]. The van der Waals surface area contributed by atoms with Gasteiger partial charge in [0.05, 0.1) is 7.11 Å². The summed E-state index contributed by atoms with van der Waals surface area (Å²) in [7, 11) is 1.38. The Balaban J connectivity index is 3.06. The highest BCUT2D eigenvalue weighted by atomic mass is 32.2. The van der Waals surface area contributed by atoms with Crippen LogP contribution in [0.4, 0.5) is 0 Å². The zero-order chi connectivity index (χ0) is 10.8. The molecule has 4 nitrogen and oxygen atoms in total. The molecule has 0 aromatic carbocycles. The van der Waals surface area contributed by atoms with Gasteiger partial charge in [-0.2, -0.15) is 0 Å². The Hall–Kier alpha value is -0.420. The van der Waals surface area contributed by atoms with Crippen molar-refractivity contribution in [3.8, 4) is 0 Å². The predicted octanol–water partition coefficient (Wildman–Crippen LogP) is 1.38. The molecule has 0 fully saturated rings. The summed E-state index contributed by atoms with van der Waals surface area (Å²) in [5.41, 5.74) is 0. The van der Waals surface area contributed by atoms with Crippen LogP contribution >= 0.6 is 0 Å². The van der Waals surface area contributed by atoms with Gasteiger partial charge in [-0.25, -0.2) is 0 Å². The molecule has 0 aliphatic heterocycles. The van der Waals surface area contributed by atoms with Gasteiger partial charge in [-0.1, -0.05) is 30.3 Å². The number of unbranched alkanes of at least 4 members (excludes halogenated alkanes) is 4. The molecule has 84 valence electrons. The highest BCUT2D eigenvalue weighted by Gasteiger charge is 1.98. The Kier molecular flexibility index (Phi) is 8.87. The lowest BCUT2D eigenvalue weighted by Crippen LogP contribution is -1.99. The summed E-state index contributed by atoms with van der Waals surface area (Å²) in [6.07, 6.45) is 4.86. The molecule has 0 aromatic rings. The van der Waals surface area contributed by atoms with E-state index in [0.29, 0.717) is 12.8 Å².